The quantitative estimate of drug-likeness (QED) is 0.597. The number of nitro groups is 1. The fraction of sp³-hybridized carbons (Fsp3) is 0.368. The topological polar surface area (TPSA) is 106 Å². The molecule has 0 spiro atoms. The molecule has 2 aromatic rings. The number of benzene rings is 1. The Morgan fingerprint density at radius 1 is 1.11 bits per heavy atom. The molecule has 2 aliphatic rings. The van der Waals surface area contributed by atoms with Crippen molar-refractivity contribution in [3.8, 4) is 0 Å². The van der Waals surface area contributed by atoms with Crippen molar-refractivity contribution < 1.29 is 18.9 Å². The number of hydrogen-bond donors (Lipinski definition) is 1. The Balaban J connectivity index is 1.45. The first-order chi connectivity index (χ1) is 13.0. The second kappa shape index (κ2) is 6.86. The zero-order valence-electron chi connectivity index (χ0n) is 14.6. The van der Waals surface area contributed by atoms with Crippen LogP contribution in [0.3, 0.4) is 0 Å². The van der Waals surface area contributed by atoms with Crippen molar-refractivity contribution in [2.24, 2.45) is 0 Å². The van der Waals surface area contributed by atoms with Crippen LogP contribution in [-0.4, -0.2) is 33.7 Å². The molecule has 2 aliphatic carbocycles. The minimum atomic E-state index is -0.663. The van der Waals surface area contributed by atoms with Crippen LogP contribution >= 0.6 is 0 Å². The minimum Gasteiger partial charge on any atom is -0.395 e. The molecular formula is C19H19N3O5. The van der Waals surface area contributed by atoms with Gasteiger partial charge in [0.2, 0.25) is 0 Å². The van der Waals surface area contributed by atoms with Crippen LogP contribution < -0.4 is 5.32 Å². The summed E-state index contributed by atoms with van der Waals surface area (Å²) in [6.45, 7) is 0.364. The van der Waals surface area contributed by atoms with Gasteiger partial charge in [-0.25, -0.2) is 0 Å². The molecule has 0 aliphatic heterocycles. The van der Waals surface area contributed by atoms with Gasteiger partial charge in [0, 0.05) is 24.2 Å². The molecular weight excluding hydrogens is 350 g/mol. The lowest BCUT2D eigenvalue weighted by molar-refractivity contribution is -0.402. The monoisotopic (exact) mass is 369 g/mol. The van der Waals surface area contributed by atoms with Gasteiger partial charge in [0.05, 0.1) is 6.07 Å². The average molecular weight is 369 g/mol. The molecule has 0 radical (unpaired) electrons. The van der Waals surface area contributed by atoms with Crippen LogP contribution in [0.15, 0.2) is 40.8 Å². The average Bonchev–Trinajstić information content (AvgIpc) is 3.59. The molecule has 4 rings (SSSR count). The molecule has 0 unspecified atom stereocenters. The number of carbonyl (C=O) groups excluding carboxylic acids is 2. The lowest BCUT2D eigenvalue weighted by Crippen LogP contribution is -2.32. The highest BCUT2D eigenvalue weighted by Gasteiger charge is 2.35. The molecule has 27 heavy (non-hydrogen) atoms. The summed E-state index contributed by atoms with van der Waals surface area (Å²) >= 11 is 0. The van der Waals surface area contributed by atoms with E-state index in [2.05, 4.69) is 5.32 Å². The highest BCUT2D eigenvalue weighted by Crippen LogP contribution is 2.31. The second-order valence-electron chi connectivity index (χ2n) is 7.00. The molecule has 1 aromatic heterocycles. The van der Waals surface area contributed by atoms with Crippen LogP contribution in [0.2, 0.25) is 0 Å². The highest BCUT2D eigenvalue weighted by atomic mass is 16.6. The molecule has 2 amide bonds. The number of nitrogens with zero attached hydrogens (tertiary/aromatic N) is 2. The van der Waals surface area contributed by atoms with E-state index in [1.165, 1.54) is 12.1 Å². The number of carbonyl (C=O) groups is 2. The summed E-state index contributed by atoms with van der Waals surface area (Å²) < 4.78 is 5.05. The number of rotatable bonds is 7. The molecule has 8 heteroatoms. The van der Waals surface area contributed by atoms with E-state index in [-0.39, 0.29) is 23.6 Å². The number of nitrogens with one attached hydrogen (secondary N) is 1. The van der Waals surface area contributed by atoms with Gasteiger partial charge in [-0.05, 0) is 49.4 Å². The second-order valence-corrected chi connectivity index (χ2v) is 7.00. The van der Waals surface area contributed by atoms with E-state index in [0.29, 0.717) is 18.2 Å². The fourth-order valence-electron chi connectivity index (χ4n) is 2.89. The maximum Gasteiger partial charge on any atom is 0.433 e. The van der Waals surface area contributed by atoms with Crippen LogP contribution in [0.5, 0.6) is 0 Å². The molecule has 0 bridgehead atoms. The summed E-state index contributed by atoms with van der Waals surface area (Å²) in [4.78, 5) is 36.5. The highest BCUT2D eigenvalue weighted by molar-refractivity contribution is 5.94. The Morgan fingerprint density at radius 3 is 2.37 bits per heavy atom. The van der Waals surface area contributed by atoms with Crippen LogP contribution in [0.1, 0.15) is 52.2 Å². The van der Waals surface area contributed by atoms with E-state index in [0.717, 1.165) is 31.2 Å². The van der Waals surface area contributed by atoms with Gasteiger partial charge >= 0.3 is 5.88 Å². The maximum atomic E-state index is 12.7. The molecule has 1 aromatic carbocycles. The van der Waals surface area contributed by atoms with E-state index in [9.17, 15) is 19.7 Å². The first-order valence-electron chi connectivity index (χ1n) is 8.96. The van der Waals surface area contributed by atoms with Gasteiger partial charge in [0.25, 0.3) is 11.8 Å². The van der Waals surface area contributed by atoms with Crippen LogP contribution in [-0.2, 0) is 6.54 Å². The van der Waals surface area contributed by atoms with Crippen molar-refractivity contribution in [3.63, 3.8) is 0 Å². The third kappa shape index (κ3) is 3.99. The molecule has 1 heterocycles. The predicted octanol–water partition coefficient (Wildman–Crippen LogP) is 2.88. The van der Waals surface area contributed by atoms with Crippen molar-refractivity contribution >= 4 is 17.7 Å². The first-order valence-corrected chi connectivity index (χ1v) is 8.96. The molecule has 140 valence electrons. The van der Waals surface area contributed by atoms with Gasteiger partial charge in [-0.1, -0.05) is 12.1 Å². The van der Waals surface area contributed by atoms with Gasteiger partial charge in [0.15, 0.2) is 5.76 Å². The van der Waals surface area contributed by atoms with Crippen molar-refractivity contribution in [2.45, 2.75) is 44.3 Å². The fourth-order valence-corrected chi connectivity index (χ4v) is 2.89. The molecule has 2 saturated carbocycles. The SMILES string of the molecule is O=C(NC1CC1)c1ccc(CN(C(=O)c2ccc([N+](=O)[O-])o2)C2CC2)cc1. The standard InChI is InChI=1S/C19H19N3O5/c23-18(20-14-5-6-14)13-3-1-12(2-4-13)11-21(15-7-8-15)19(24)16-9-10-17(27-16)22(25)26/h1-4,9-10,14-15H,5-8,11H2,(H,20,23). The predicted molar refractivity (Wildman–Crippen MR) is 95.2 cm³/mol. The van der Waals surface area contributed by atoms with Gasteiger partial charge in [0.1, 0.15) is 4.92 Å². The third-order valence-electron chi connectivity index (χ3n) is 4.71. The van der Waals surface area contributed by atoms with Gasteiger partial charge in [-0.15, -0.1) is 0 Å². The van der Waals surface area contributed by atoms with Gasteiger partial charge < -0.3 is 14.6 Å². The van der Waals surface area contributed by atoms with E-state index in [1.54, 1.807) is 17.0 Å². The number of hydrogen-bond acceptors (Lipinski definition) is 5. The van der Waals surface area contributed by atoms with Crippen LogP contribution in [0, 0.1) is 10.1 Å². The largest absolute Gasteiger partial charge is 0.433 e. The van der Waals surface area contributed by atoms with E-state index in [1.807, 2.05) is 12.1 Å². The normalized spacial score (nSPS) is 16.0. The summed E-state index contributed by atoms with van der Waals surface area (Å²) in [5, 5.41) is 13.7. The molecule has 0 saturated heterocycles. The molecule has 0 atom stereocenters. The van der Waals surface area contributed by atoms with Gasteiger partial charge in [-0.2, -0.15) is 0 Å². The van der Waals surface area contributed by atoms with E-state index >= 15 is 0 Å². The minimum absolute atomic E-state index is 0.0333. The lowest BCUT2D eigenvalue weighted by Gasteiger charge is -2.21. The Kier molecular flexibility index (Phi) is 4.39. The smallest absolute Gasteiger partial charge is 0.395 e. The zero-order chi connectivity index (χ0) is 19.0. The third-order valence-corrected chi connectivity index (χ3v) is 4.71. The van der Waals surface area contributed by atoms with Crippen LogP contribution in [0.25, 0.3) is 0 Å². The Hall–Kier alpha value is -3.16. The van der Waals surface area contributed by atoms with Crippen molar-refractivity contribution in [1.29, 1.82) is 0 Å². The molecule has 1 N–H and O–H groups in total. The van der Waals surface area contributed by atoms with E-state index in [4.69, 9.17) is 4.42 Å². The number of amides is 2. The first kappa shape index (κ1) is 17.3. The lowest BCUT2D eigenvalue weighted by atomic mass is 10.1. The Morgan fingerprint density at radius 2 is 1.81 bits per heavy atom. The van der Waals surface area contributed by atoms with Crippen molar-refractivity contribution in [3.05, 3.63) is 63.4 Å². The molecule has 8 nitrogen and oxygen atoms in total. The number of furan rings is 1. The summed E-state index contributed by atoms with van der Waals surface area (Å²) in [6.07, 6.45) is 3.87. The van der Waals surface area contributed by atoms with Gasteiger partial charge in [-0.3, -0.25) is 19.7 Å². The molecule has 2 fully saturated rings. The summed E-state index contributed by atoms with van der Waals surface area (Å²) in [5.41, 5.74) is 1.48. The summed E-state index contributed by atoms with van der Waals surface area (Å²) in [7, 11) is 0. The zero-order valence-corrected chi connectivity index (χ0v) is 14.6. The van der Waals surface area contributed by atoms with E-state index < -0.39 is 10.8 Å². The van der Waals surface area contributed by atoms with Crippen LogP contribution in [0.4, 0.5) is 5.88 Å². The van der Waals surface area contributed by atoms with Crippen molar-refractivity contribution in [2.75, 3.05) is 0 Å². The summed E-state index contributed by atoms with van der Waals surface area (Å²) in [6, 6.07) is 10.1. The Bertz CT molecular complexity index is 881. The summed E-state index contributed by atoms with van der Waals surface area (Å²) in [5.74, 6) is -0.919. The maximum absolute atomic E-state index is 12.7. The van der Waals surface area contributed by atoms with Crippen molar-refractivity contribution in [1.82, 2.24) is 10.2 Å². The Labute approximate surface area is 155 Å².